The normalized spacial score (nSPS) is 11.9. The van der Waals surface area contributed by atoms with Gasteiger partial charge in [-0.15, -0.1) is 0 Å². The maximum atomic E-state index is 10.9. The third-order valence-electron chi connectivity index (χ3n) is 2.63. The van der Waals surface area contributed by atoms with Crippen LogP contribution in [0.15, 0.2) is 18.2 Å². The van der Waals surface area contributed by atoms with Gasteiger partial charge in [0.15, 0.2) is 5.75 Å². The fourth-order valence-corrected chi connectivity index (χ4v) is 1.48. The first-order valence-corrected chi connectivity index (χ1v) is 6.41. The Hall–Kier alpha value is -1.82. The number of rotatable bonds is 8. The SMILES string of the molecule is CCCOc1cc(NCC(O)CC)ccc1[N+](=O)[O-]. The van der Waals surface area contributed by atoms with Crippen LogP contribution in [0.5, 0.6) is 5.75 Å². The van der Waals surface area contributed by atoms with Gasteiger partial charge in [0.05, 0.1) is 17.6 Å². The van der Waals surface area contributed by atoms with Crippen molar-refractivity contribution in [3.63, 3.8) is 0 Å². The monoisotopic (exact) mass is 268 g/mol. The van der Waals surface area contributed by atoms with E-state index in [0.717, 1.165) is 6.42 Å². The van der Waals surface area contributed by atoms with E-state index in [1.165, 1.54) is 6.07 Å². The highest BCUT2D eigenvalue weighted by Gasteiger charge is 2.15. The first-order valence-electron chi connectivity index (χ1n) is 6.41. The summed E-state index contributed by atoms with van der Waals surface area (Å²) in [6, 6.07) is 4.61. The highest BCUT2D eigenvalue weighted by Crippen LogP contribution is 2.30. The van der Waals surface area contributed by atoms with E-state index in [0.29, 0.717) is 25.3 Å². The summed E-state index contributed by atoms with van der Waals surface area (Å²) in [5.41, 5.74) is 0.652. The van der Waals surface area contributed by atoms with Crippen LogP contribution in [0.25, 0.3) is 0 Å². The smallest absolute Gasteiger partial charge is 0.311 e. The lowest BCUT2D eigenvalue weighted by atomic mass is 10.2. The lowest BCUT2D eigenvalue weighted by Gasteiger charge is -2.12. The van der Waals surface area contributed by atoms with Crippen LogP contribution in [0.1, 0.15) is 26.7 Å². The number of nitrogens with zero attached hydrogens (tertiary/aromatic N) is 1. The molecule has 19 heavy (non-hydrogen) atoms. The predicted octanol–water partition coefficient (Wildman–Crippen LogP) is 2.57. The van der Waals surface area contributed by atoms with Gasteiger partial charge in [0, 0.05) is 24.4 Å². The molecule has 0 aliphatic rings. The fourth-order valence-electron chi connectivity index (χ4n) is 1.48. The number of nitro benzene ring substituents is 1. The number of aliphatic hydroxyl groups excluding tert-OH is 1. The van der Waals surface area contributed by atoms with Crippen molar-refractivity contribution < 1.29 is 14.8 Å². The third-order valence-corrected chi connectivity index (χ3v) is 2.63. The van der Waals surface area contributed by atoms with Crippen LogP contribution in [0, 0.1) is 10.1 Å². The van der Waals surface area contributed by atoms with Crippen molar-refractivity contribution in [3.05, 3.63) is 28.3 Å². The lowest BCUT2D eigenvalue weighted by molar-refractivity contribution is -0.385. The van der Waals surface area contributed by atoms with E-state index in [1.807, 2.05) is 13.8 Å². The van der Waals surface area contributed by atoms with Crippen LogP contribution in [-0.4, -0.2) is 29.3 Å². The first-order chi connectivity index (χ1) is 9.08. The molecule has 0 saturated heterocycles. The Morgan fingerprint density at radius 1 is 1.47 bits per heavy atom. The van der Waals surface area contributed by atoms with Crippen molar-refractivity contribution in [2.24, 2.45) is 0 Å². The summed E-state index contributed by atoms with van der Waals surface area (Å²) in [4.78, 5) is 10.4. The number of nitrogens with one attached hydrogen (secondary N) is 1. The second-order valence-electron chi connectivity index (χ2n) is 4.23. The highest BCUT2D eigenvalue weighted by molar-refractivity contribution is 5.58. The molecule has 1 aromatic rings. The second kappa shape index (κ2) is 7.58. The molecule has 0 aliphatic heterocycles. The van der Waals surface area contributed by atoms with Crippen molar-refractivity contribution in [2.75, 3.05) is 18.5 Å². The van der Waals surface area contributed by atoms with E-state index in [9.17, 15) is 15.2 Å². The predicted molar refractivity (Wildman–Crippen MR) is 73.7 cm³/mol. The molecule has 0 bridgehead atoms. The molecule has 0 saturated carbocycles. The first kappa shape index (κ1) is 15.2. The summed E-state index contributed by atoms with van der Waals surface area (Å²) < 4.78 is 5.38. The Bertz CT molecular complexity index is 423. The molecule has 0 amide bonds. The average molecular weight is 268 g/mol. The van der Waals surface area contributed by atoms with Crippen molar-refractivity contribution in [1.82, 2.24) is 0 Å². The van der Waals surface area contributed by atoms with Gasteiger partial charge in [0.2, 0.25) is 0 Å². The number of anilines is 1. The zero-order valence-electron chi connectivity index (χ0n) is 11.3. The summed E-state index contributed by atoms with van der Waals surface area (Å²) in [5, 5.41) is 23.4. The summed E-state index contributed by atoms with van der Waals surface area (Å²) in [6.07, 6.45) is 0.998. The van der Waals surface area contributed by atoms with E-state index < -0.39 is 11.0 Å². The lowest BCUT2D eigenvalue weighted by Crippen LogP contribution is -2.18. The molecular weight excluding hydrogens is 248 g/mol. The summed E-state index contributed by atoms with van der Waals surface area (Å²) in [7, 11) is 0. The third kappa shape index (κ3) is 4.75. The van der Waals surface area contributed by atoms with E-state index >= 15 is 0 Å². The second-order valence-corrected chi connectivity index (χ2v) is 4.23. The summed E-state index contributed by atoms with van der Waals surface area (Å²) >= 11 is 0. The van der Waals surface area contributed by atoms with Crippen LogP contribution in [0.2, 0.25) is 0 Å². The van der Waals surface area contributed by atoms with Crippen LogP contribution < -0.4 is 10.1 Å². The molecule has 1 atom stereocenters. The molecule has 0 spiro atoms. The molecule has 0 fully saturated rings. The van der Waals surface area contributed by atoms with Crippen LogP contribution >= 0.6 is 0 Å². The number of benzene rings is 1. The Kier molecular flexibility index (Phi) is 6.08. The number of hydrogen-bond acceptors (Lipinski definition) is 5. The zero-order valence-corrected chi connectivity index (χ0v) is 11.3. The molecule has 106 valence electrons. The minimum absolute atomic E-state index is 0.0463. The maximum Gasteiger partial charge on any atom is 0.311 e. The van der Waals surface area contributed by atoms with E-state index in [-0.39, 0.29) is 11.4 Å². The molecule has 2 N–H and O–H groups in total. The van der Waals surface area contributed by atoms with E-state index in [1.54, 1.807) is 12.1 Å². The van der Waals surface area contributed by atoms with Crippen molar-refractivity contribution in [1.29, 1.82) is 0 Å². The van der Waals surface area contributed by atoms with Gasteiger partial charge in [-0.3, -0.25) is 10.1 Å². The van der Waals surface area contributed by atoms with Gasteiger partial charge in [-0.1, -0.05) is 13.8 Å². The van der Waals surface area contributed by atoms with Gasteiger partial charge in [-0.25, -0.2) is 0 Å². The quantitative estimate of drug-likeness (QED) is 0.559. The van der Waals surface area contributed by atoms with Crippen molar-refractivity contribution in [2.45, 2.75) is 32.8 Å². The minimum atomic E-state index is -0.463. The number of ether oxygens (including phenoxy) is 1. The van der Waals surface area contributed by atoms with Crippen LogP contribution in [0.3, 0.4) is 0 Å². The van der Waals surface area contributed by atoms with Gasteiger partial charge in [-0.05, 0) is 18.9 Å². The molecule has 1 rings (SSSR count). The molecule has 0 heterocycles. The molecule has 6 nitrogen and oxygen atoms in total. The Morgan fingerprint density at radius 2 is 2.21 bits per heavy atom. The highest BCUT2D eigenvalue weighted by atomic mass is 16.6. The number of aliphatic hydroxyl groups is 1. The van der Waals surface area contributed by atoms with Gasteiger partial charge in [-0.2, -0.15) is 0 Å². The maximum absolute atomic E-state index is 10.9. The van der Waals surface area contributed by atoms with Crippen molar-refractivity contribution >= 4 is 11.4 Å². The van der Waals surface area contributed by atoms with Gasteiger partial charge in [0.25, 0.3) is 0 Å². The Balaban J connectivity index is 2.81. The van der Waals surface area contributed by atoms with Crippen LogP contribution in [0.4, 0.5) is 11.4 Å². The molecule has 6 heteroatoms. The molecule has 0 aromatic heterocycles. The van der Waals surface area contributed by atoms with Crippen LogP contribution in [-0.2, 0) is 0 Å². The van der Waals surface area contributed by atoms with Crippen molar-refractivity contribution in [3.8, 4) is 5.75 Å². The van der Waals surface area contributed by atoms with Gasteiger partial charge in [0.1, 0.15) is 0 Å². The largest absolute Gasteiger partial charge is 0.487 e. The average Bonchev–Trinajstić information content (AvgIpc) is 2.42. The minimum Gasteiger partial charge on any atom is -0.487 e. The van der Waals surface area contributed by atoms with Gasteiger partial charge < -0.3 is 15.2 Å². The fraction of sp³-hybridized carbons (Fsp3) is 0.538. The molecular formula is C13H20N2O4. The molecule has 1 aromatic carbocycles. The van der Waals surface area contributed by atoms with Gasteiger partial charge >= 0.3 is 5.69 Å². The topological polar surface area (TPSA) is 84.6 Å². The molecule has 0 radical (unpaired) electrons. The molecule has 1 unspecified atom stereocenters. The van der Waals surface area contributed by atoms with E-state index in [2.05, 4.69) is 5.32 Å². The Morgan fingerprint density at radius 3 is 2.79 bits per heavy atom. The summed E-state index contributed by atoms with van der Waals surface area (Å²) in [5.74, 6) is 0.253. The standard InChI is InChI=1S/C13H20N2O4/c1-3-7-19-13-8-10(14-9-11(16)4-2)5-6-12(13)15(17)18/h5-6,8,11,14,16H,3-4,7,9H2,1-2H3. The summed E-state index contributed by atoms with van der Waals surface area (Å²) in [6.45, 7) is 4.66. The molecule has 0 aliphatic carbocycles. The zero-order chi connectivity index (χ0) is 14.3. The number of hydrogen-bond donors (Lipinski definition) is 2. The number of nitro groups is 1. The Labute approximate surface area is 112 Å². The van der Waals surface area contributed by atoms with E-state index in [4.69, 9.17) is 4.74 Å².